The predicted molar refractivity (Wildman–Crippen MR) is 86.9 cm³/mol. The highest BCUT2D eigenvalue weighted by atomic mass is 32.1. The fraction of sp³-hybridized carbons (Fsp3) is 0.250. The molecular weight excluding hydrogens is 282 g/mol. The summed E-state index contributed by atoms with van der Waals surface area (Å²) in [5.41, 5.74) is 0. The van der Waals surface area contributed by atoms with Crippen LogP contribution in [0.4, 0.5) is 5.82 Å². The van der Waals surface area contributed by atoms with E-state index in [9.17, 15) is 5.11 Å². The maximum absolute atomic E-state index is 9.68. The van der Waals surface area contributed by atoms with Gasteiger partial charge in [0.1, 0.15) is 16.6 Å². The molecule has 0 radical (unpaired) electrons. The minimum atomic E-state index is 0.0794. The van der Waals surface area contributed by atoms with Crippen molar-refractivity contribution in [3.05, 3.63) is 46.5 Å². The molecule has 0 bridgehead atoms. The molecule has 0 aliphatic rings. The second kappa shape index (κ2) is 5.69. The predicted octanol–water partition coefficient (Wildman–Crippen LogP) is 4.13. The minimum absolute atomic E-state index is 0.0794. The molecule has 2 heterocycles. The maximum atomic E-state index is 9.68. The Balaban J connectivity index is 1.92. The van der Waals surface area contributed by atoms with Gasteiger partial charge in [0.05, 0.1) is 6.04 Å². The molecule has 0 saturated carbocycles. The van der Waals surface area contributed by atoms with Crippen molar-refractivity contribution in [2.75, 3.05) is 5.32 Å². The summed E-state index contributed by atoms with van der Waals surface area (Å²) in [4.78, 5) is 10.1. The van der Waals surface area contributed by atoms with Crippen LogP contribution < -0.4 is 5.32 Å². The third kappa shape index (κ3) is 2.83. The standard InChI is InChI=1S/C16H17N3OS/c1-3-13-9-18-16(21-13)10(2)19-15-14-8-12(20)5-4-11(14)6-7-17-15/h4-10,20H,3H2,1-2H3,(H,17,19). The van der Waals surface area contributed by atoms with Gasteiger partial charge in [-0.2, -0.15) is 0 Å². The first kappa shape index (κ1) is 13.8. The van der Waals surface area contributed by atoms with E-state index >= 15 is 0 Å². The van der Waals surface area contributed by atoms with Crippen LogP contribution in [0.3, 0.4) is 0 Å². The van der Waals surface area contributed by atoms with Gasteiger partial charge >= 0.3 is 0 Å². The number of aryl methyl sites for hydroxylation is 1. The average Bonchev–Trinajstić information content (AvgIpc) is 2.97. The Hall–Kier alpha value is -2.14. The molecule has 2 N–H and O–H groups in total. The molecule has 0 aliphatic heterocycles. The summed E-state index contributed by atoms with van der Waals surface area (Å²) in [6.45, 7) is 4.20. The van der Waals surface area contributed by atoms with Gasteiger partial charge in [0.15, 0.2) is 0 Å². The van der Waals surface area contributed by atoms with Gasteiger partial charge in [0, 0.05) is 22.7 Å². The van der Waals surface area contributed by atoms with Gasteiger partial charge < -0.3 is 10.4 Å². The van der Waals surface area contributed by atoms with Crippen molar-refractivity contribution in [3.63, 3.8) is 0 Å². The van der Waals surface area contributed by atoms with Crippen LogP contribution in [0.25, 0.3) is 10.8 Å². The van der Waals surface area contributed by atoms with Crippen molar-refractivity contribution in [1.29, 1.82) is 0 Å². The fourth-order valence-electron chi connectivity index (χ4n) is 2.22. The summed E-state index contributed by atoms with van der Waals surface area (Å²) < 4.78 is 0. The highest BCUT2D eigenvalue weighted by Crippen LogP contribution is 2.29. The first-order valence-electron chi connectivity index (χ1n) is 6.96. The number of aromatic nitrogens is 2. The maximum Gasteiger partial charge on any atom is 0.134 e. The number of aromatic hydroxyl groups is 1. The van der Waals surface area contributed by atoms with Crippen LogP contribution in [0.1, 0.15) is 29.8 Å². The van der Waals surface area contributed by atoms with E-state index < -0.39 is 0 Å². The Labute approximate surface area is 127 Å². The summed E-state index contributed by atoms with van der Waals surface area (Å²) >= 11 is 1.72. The van der Waals surface area contributed by atoms with Gasteiger partial charge in [0.25, 0.3) is 0 Å². The number of nitrogens with one attached hydrogen (secondary N) is 1. The number of pyridine rings is 1. The zero-order chi connectivity index (χ0) is 14.8. The molecule has 1 atom stereocenters. The quantitative estimate of drug-likeness (QED) is 0.760. The number of nitrogens with zero attached hydrogens (tertiary/aromatic N) is 2. The van der Waals surface area contributed by atoms with Crippen molar-refractivity contribution in [1.82, 2.24) is 9.97 Å². The number of benzene rings is 1. The van der Waals surface area contributed by atoms with Crippen molar-refractivity contribution in [2.24, 2.45) is 0 Å². The Morgan fingerprint density at radius 1 is 1.29 bits per heavy atom. The molecule has 0 fully saturated rings. The van der Waals surface area contributed by atoms with Crippen molar-refractivity contribution < 1.29 is 5.11 Å². The molecule has 1 aromatic carbocycles. The number of phenolic OH excluding ortho intramolecular Hbond substituents is 1. The monoisotopic (exact) mass is 299 g/mol. The SMILES string of the molecule is CCc1cnc(C(C)Nc2nccc3ccc(O)cc23)s1. The molecule has 2 aromatic heterocycles. The lowest BCUT2D eigenvalue weighted by atomic mass is 10.1. The summed E-state index contributed by atoms with van der Waals surface area (Å²) in [6, 6.07) is 7.32. The van der Waals surface area contributed by atoms with Crippen LogP contribution >= 0.6 is 11.3 Å². The summed E-state index contributed by atoms with van der Waals surface area (Å²) in [6.07, 6.45) is 4.71. The third-order valence-electron chi connectivity index (χ3n) is 3.39. The Kier molecular flexibility index (Phi) is 3.75. The Morgan fingerprint density at radius 3 is 2.90 bits per heavy atom. The van der Waals surface area contributed by atoms with Gasteiger partial charge in [0.2, 0.25) is 0 Å². The molecule has 3 rings (SSSR count). The van der Waals surface area contributed by atoms with E-state index in [2.05, 4.69) is 29.1 Å². The number of rotatable bonds is 4. The van der Waals surface area contributed by atoms with Crippen molar-refractivity contribution >= 4 is 27.9 Å². The van der Waals surface area contributed by atoms with Gasteiger partial charge in [-0.25, -0.2) is 9.97 Å². The minimum Gasteiger partial charge on any atom is -0.508 e. The average molecular weight is 299 g/mol. The van der Waals surface area contributed by atoms with Gasteiger partial charge in [-0.1, -0.05) is 13.0 Å². The van der Waals surface area contributed by atoms with Crippen LogP contribution in [0.2, 0.25) is 0 Å². The van der Waals surface area contributed by atoms with Crippen molar-refractivity contribution in [2.45, 2.75) is 26.3 Å². The molecule has 3 aromatic rings. The number of fused-ring (bicyclic) bond motifs is 1. The van der Waals surface area contributed by atoms with E-state index in [1.54, 1.807) is 29.7 Å². The zero-order valence-electron chi connectivity index (χ0n) is 12.0. The van der Waals surface area contributed by atoms with E-state index in [4.69, 9.17) is 0 Å². The lowest BCUT2D eigenvalue weighted by Gasteiger charge is -2.14. The van der Waals surface area contributed by atoms with E-state index in [0.29, 0.717) is 0 Å². The summed E-state index contributed by atoms with van der Waals surface area (Å²) in [7, 11) is 0. The highest BCUT2D eigenvalue weighted by molar-refractivity contribution is 7.11. The van der Waals surface area contributed by atoms with Crippen molar-refractivity contribution in [3.8, 4) is 5.75 Å². The number of phenols is 1. The molecular formula is C16H17N3OS. The second-order valence-electron chi connectivity index (χ2n) is 4.95. The molecule has 108 valence electrons. The number of anilines is 1. The smallest absolute Gasteiger partial charge is 0.134 e. The number of hydrogen-bond donors (Lipinski definition) is 2. The summed E-state index contributed by atoms with van der Waals surface area (Å²) in [5.74, 6) is 1.01. The summed E-state index contributed by atoms with van der Waals surface area (Å²) in [5, 5.41) is 16.1. The highest BCUT2D eigenvalue weighted by Gasteiger charge is 2.12. The molecule has 0 saturated heterocycles. The Morgan fingerprint density at radius 2 is 2.14 bits per heavy atom. The Bertz CT molecular complexity index is 769. The second-order valence-corrected chi connectivity index (χ2v) is 6.10. The third-order valence-corrected chi connectivity index (χ3v) is 4.72. The van der Waals surface area contributed by atoms with E-state index in [1.165, 1.54) is 4.88 Å². The molecule has 0 amide bonds. The zero-order valence-corrected chi connectivity index (χ0v) is 12.8. The number of thiazole rings is 1. The van der Waals surface area contributed by atoms with Gasteiger partial charge in [-0.15, -0.1) is 11.3 Å². The molecule has 5 heteroatoms. The van der Waals surface area contributed by atoms with E-state index in [1.807, 2.05) is 18.3 Å². The number of hydrogen-bond acceptors (Lipinski definition) is 5. The first-order chi connectivity index (χ1) is 10.2. The largest absolute Gasteiger partial charge is 0.508 e. The molecule has 0 aliphatic carbocycles. The van der Waals surface area contributed by atoms with Gasteiger partial charge in [-0.3, -0.25) is 0 Å². The van der Waals surface area contributed by atoms with Crippen LogP contribution in [0.5, 0.6) is 5.75 Å². The van der Waals surface area contributed by atoms with Crippen LogP contribution in [0.15, 0.2) is 36.7 Å². The topological polar surface area (TPSA) is 58.0 Å². The van der Waals surface area contributed by atoms with Crippen LogP contribution in [-0.2, 0) is 6.42 Å². The molecule has 0 spiro atoms. The first-order valence-corrected chi connectivity index (χ1v) is 7.78. The lowest BCUT2D eigenvalue weighted by Crippen LogP contribution is -2.07. The van der Waals surface area contributed by atoms with Crippen LogP contribution in [-0.4, -0.2) is 15.1 Å². The fourth-order valence-corrected chi connectivity index (χ4v) is 3.08. The molecule has 4 nitrogen and oxygen atoms in total. The van der Waals surface area contributed by atoms with Crippen LogP contribution in [0, 0.1) is 0 Å². The van der Waals surface area contributed by atoms with E-state index in [0.717, 1.165) is 28.0 Å². The molecule has 1 unspecified atom stereocenters. The molecule has 21 heavy (non-hydrogen) atoms. The van der Waals surface area contributed by atoms with Gasteiger partial charge in [-0.05, 0) is 36.9 Å². The van der Waals surface area contributed by atoms with E-state index in [-0.39, 0.29) is 11.8 Å². The normalized spacial score (nSPS) is 12.5. The lowest BCUT2D eigenvalue weighted by molar-refractivity contribution is 0.476.